The molecule has 5 nitrogen and oxygen atoms in total. The molecule has 0 unspecified atom stereocenters. The van der Waals surface area contributed by atoms with E-state index >= 15 is 0 Å². The Morgan fingerprint density at radius 2 is 2.04 bits per heavy atom. The first-order valence-corrected chi connectivity index (χ1v) is 9.95. The molecule has 23 heavy (non-hydrogen) atoms. The number of aryl methyl sites for hydroxylation is 1. The Kier molecular flexibility index (Phi) is 4.73. The second kappa shape index (κ2) is 6.61. The Labute approximate surface area is 138 Å². The topological polar surface area (TPSA) is 66.5 Å². The van der Waals surface area contributed by atoms with E-state index in [9.17, 15) is 13.2 Å². The average molecular weight is 336 g/mol. The SMILES string of the molecule is CNS(=O)(=O)CC(=O)N1CCC[C@@H]1[C@H]1CCCc2ccccc21. The van der Waals surface area contributed by atoms with E-state index < -0.39 is 15.8 Å². The van der Waals surface area contributed by atoms with Gasteiger partial charge in [0, 0.05) is 18.5 Å². The number of carbonyl (C=O) groups is 1. The van der Waals surface area contributed by atoms with E-state index in [0.29, 0.717) is 12.5 Å². The molecular weight excluding hydrogens is 312 g/mol. The summed E-state index contributed by atoms with van der Waals surface area (Å²) in [4.78, 5) is 14.3. The molecule has 0 aromatic heterocycles. The summed E-state index contributed by atoms with van der Waals surface area (Å²) in [6, 6.07) is 8.61. The number of fused-ring (bicyclic) bond motifs is 1. The number of carbonyl (C=O) groups excluding carboxylic acids is 1. The molecule has 1 N–H and O–H groups in total. The lowest BCUT2D eigenvalue weighted by Gasteiger charge is -2.35. The smallest absolute Gasteiger partial charge is 0.239 e. The first-order valence-electron chi connectivity index (χ1n) is 8.30. The van der Waals surface area contributed by atoms with E-state index in [1.807, 2.05) is 4.90 Å². The summed E-state index contributed by atoms with van der Waals surface area (Å²) in [5.41, 5.74) is 2.73. The van der Waals surface area contributed by atoms with Crippen molar-refractivity contribution in [3.05, 3.63) is 35.4 Å². The standard InChI is InChI=1S/C17H24N2O3S/c1-18-23(21,22)12-17(20)19-11-5-10-16(19)15-9-4-7-13-6-2-3-8-14(13)15/h2-3,6,8,15-16,18H,4-5,7,9-12H2,1H3/t15-,16+/m0/s1. The summed E-state index contributed by atoms with van der Waals surface area (Å²) in [6.45, 7) is 0.668. The van der Waals surface area contributed by atoms with Crippen LogP contribution < -0.4 is 4.72 Å². The van der Waals surface area contributed by atoms with Crippen LogP contribution in [0.3, 0.4) is 0 Å². The molecule has 1 aromatic rings. The van der Waals surface area contributed by atoms with Gasteiger partial charge in [-0.05, 0) is 50.3 Å². The van der Waals surface area contributed by atoms with Gasteiger partial charge in [-0.25, -0.2) is 13.1 Å². The molecule has 1 amide bonds. The van der Waals surface area contributed by atoms with Crippen LogP contribution in [0.4, 0.5) is 0 Å². The van der Waals surface area contributed by atoms with E-state index in [2.05, 4.69) is 29.0 Å². The number of likely N-dealkylation sites (tertiary alicyclic amines) is 1. The highest BCUT2D eigenvalue weighted by molar-refractivity contribution is 7.90. The number of nitrogens with one attached hydrogen (secondary N) is 1. The Morgan fingerprint density at radius 3 is 2.83 bits per heavy atom. The minimum atomic E-state index is -3.51. The number of benzene rings is 1. The van der Waals surface area contributed by atoms with Crippen LogP contribution in [0.25, 0.3) is 0 Å². The first kappa shape index (κ1) is 16.5. The highest BCUT2D eigenvalue weighted by Gasteiger charge is 2.38. The molecule has 1 aliphatic heterocycles. The quantitative estimate of drug-likeness (QED) is 0.909. The Morgan fingerprint density at radius 1 is 1.26 bits per heavy atom. The molecule has 1 heterocycles. The van der Waals surface area contributed by atoms with Crippen molar-refractivity contribution in [3.8, 4) is 0 Å². The molecule has 2 aliphatic rings. The van der Waals surface area contributed by atoms with Crippen molar-refractivity contribution in [3.63, 3.8) is 0 Å². The molecule has 1 fully saturated rings. The number of hydrogen-bond donors (Lipinski definition) is 1. The van der Waals surface area contributed by atoms with Gasteiger partial charge < -0.3 is 4.90 Å². The molecule has 6 heteroatoms. The van der Waals surface area contributed by atoms with Gasteiger partial charge in [0.15, 0.2) is 0 Å². The fraction of sp³-hybridized carbons (Fsp3) is 0.588. The zero-order valence-electron chi connectivity index (χ0n) is 13.5. The molecule has 0 spiro atoms. The fourth-order valence-electron chi connectivity index (χ4n) is 4.03. The minimum Gasteiger partial charge on any atom is -0.338 e. The zero-order chi connectivity index (χ0) is 16.4. The van der Waals surface area contributed by atoms with Crippen LogP contribution in [-0.2, 0) is 21.2 Å². The molecule has 126 valence electrons. The maximum atomic E-state index is 12.5. The molecular formula is C17H24N2O3S. The van der Waals surface area contributed by atoms with E-state index in [1.54, 1.807) is 0 Å². The van der Waals surface area contributed by atoms with Gasteiger partial charge in [0.05, 0.1) is 0 Å². The van der Waals surface area contributed by atoms with Crippen LogP contribution in [0, 0.1) is 0 Å². The largest absolute Gasteiger partial charge is 0.338 e. The highest BCUT2D eigenvalue weighted by Crippen LogP contribution is 2.39. The molecule has 1 aromatic carbocycles. The molecule has 0 bridgehead atoms. The van der Waals surface area contributed by atoms with Gasteiger partial charge in [-0.1, -0.05) is 24.3 Å². The molecule has 0 saturated carbocycles. The Bertz CT molecular complexity index is 687. The van der Waals surface area contributed by atoms with E-state index in [1.165, 1.54) is 18.2 Å². The van der Waals surface area contributed by atoms with Crippen LogP contribution in [0.1, 0.15) is 42.7 Å². The van der Waals surface area contributed by atoms with Crippen molar-refractivity contribution in [2.75, 3.05) is 19.3 Å². The normalized spacial score (nSPS) is 24.5. The molecule has 2 atom stereocenters. The third-order valence-electron chi connectivity index (χ3n) is 5.12. The summed E-state index contributed by atoms with van der Waals surface area (Å²) >= 11 is 0. The van der Waals surface area contributed by atoms with Crippen molar-refractivity contribution in [1.29, 1.82) is 0 Å². The van der Waals surface area contributed by atoms with Crippen LogP contribution in [0.5, 0.6) is 0 Å². The highest BCUT2D eigenvalue weighted by atomic mass is 32.2. The Balaban J connectivity index is 1.81. The second-order valence-corrected chi connectivity index (χ2v) is 8.38. The molecule has 0 radical (unpaired) electrons. The van der Waals surface area contributed by atoms with Crippen LogP contribution in [0.15, 0.2) is 24.3 Å². The summed E-state index contributed by atoms with van der Waals surface area (Å²) in [6.07, 6.45) is 5.22. The van der Waals surface area contributed by atoms with Gasteiger partial charge in [-0.3, -0.25) is 4.79 Å². The van der Waals surface area contributed by atoms with Gasteiger partial charge >= 0.3 is 0 Å². The fourth-order valence-corrected chi connectivity index (χ4v) is 4.66. The molecule has 3 rings (SSSR count). The third-order valence-corrected chi connectivity index (χ3v) is 6.37. The number of amides is 1. The van der Waals surface area contributed by atoms with Crippen molar-refractivity contribution in [2.45, 2.75) is 44.1 Å². The molecule has 1 saturated heterocycles. The zero-order valence-corrected chi connectivity index (χ0v) is 14.3. The lowest BCUT2D eigenvalue weighted by atomic mass is 9.78. The van der Waals surface area contributed by atoms with Crippen molar-refractivity contribution in [1.82, 2.24) is 9.62 Å². The average Bonchev–Trinajstić information content (AvgIpc) is 3.03. The van der Waals surface area contributed by atoms with E-state index in [0.717, 1.165) is 32.1 Å². The molecule has 1 aliphatic carbocycles. The number of sulfonamides is 1. The summed E-state index contributed by atoms with van der Waals surface area (Å²) in [5.74, 6) is -0.387. The van der Waals surface area contributed by atoms with Gasteiger partial charge in [0.25, 0.3) is 0 Å². The van der Waals surface area contributed by atoms with Crippen molar-refractivity contribution in [2.24, 2.45) is 0 Å². The van der Waals surface area contributed by atoms with E-state index in [4.69, 9.17) is 0 Å². The number of nitrogens with zero attached hydrogens (tertiary/aromatic N) is 1. The summed E-state index contributed by atoms with van der Waals surface area (Å²) in [5, 5.41) is 0. The van der Waals surface area contributed by atoms with Crippen molar-refractivity contribution >= 4 is 15.9 Å². The van der Waals surface area contributed by atoms with Crippen LogP contribution in [-0.4, -0.2) is 44.6 Å². The van der Waals surface area contributed by atoms with Crippen LogP contribution in [0.2, 0.25) is 0 Å². The number of hydrogen-bond acceptors (Lipinski definition) is 3. The predicted molar refractivity (Wildman–Crippen MR) is 89.7 cm³/mol. The lowest BCUT2D eigenvalue weighted by Crippen LogP contribution is -2.44. The summed E-state index contributed by atoms with van der Waals surface area (Å²) < 4.78 is 25.6. The monoisotopic (exact) mass is 336 g/mol. The van der Waals surface area contributed by atoms with Gasteiger partial charge in [0.1, 0.15) is 5.75 Å². The van der Waals surface area contributed by atoms with Gasteiger partial charge in [-0.15, -0.1) is 0 Å². The van der Waals surface area contributed by atoms with Gasteiger partial charge in [0.2, 0.25) is 15.9 Å². The Hall–Kier alpha value is -1.40. The minimum absolute atomic E-state index is 0.135. The predicted octanol–water partition coefficient (Wildman–Crippen LogP) is 1.65. The van der Waals surface area contributed by atoms with Crippen LogP contribution >= 0.6 is 0 Å². The maximum Gasteiger partial charge on any atom is 0.239 e. The van der Waals surface area contributed by atoms with E-state index in [-0.39, 0.29) is 11.9 Å². The van der Waals surface area contributed by atoms with Gasteiger partial charge in [-0.2, -0.15) is 0 Å². The summed E-state index contributed by atoms with van der Waals surface area (Å²) in [7, 11) is -2.16. The second-order valence-electron chi connectivity index (χ2n) is 6.46. The lowest BCUT2D eigenvalue weighted by molar-refractivity contribution is -0.129. The third kappa shape index (κ3) is 3.43. The van der Waals surface area contributed by atoms with Crippen molar-refractivity contribution < 1.29 is 13.2 Å². The number of rotatable bonds is 4. The maximum absolute atomic E-state index is 12.5. The first-order chi connectivity index (χ1) is 11.0.